The number of carbonyl (C=O) groups excluding carboxylic acids is 1. The molecule has 1 saturated heterocycles. The standard InChI is InChI=1S/C16H20N6O/c23-15(12-4-3-5-12)20-13-8-19-22(11-13)16-17-9-14(10-18-16)21-6-1-2-7-21/h8-12H,1-7H2,(H,20,23). The van der Waals surface area contributed by atoms with Crippen molar-refractivity contribution < 1.29 is 4.79 Å². The van der Waals surface area contributed by atoms with Crippen LogP contribution >= 0.6 is 0 Å². The Labute approximate surface area is 134 Å². The van der Waals surface area contributed by atoms with Gasteiger partial charge in [-0.1, -0.05) is 6.42 Å². The van der Waals surface area contributed by atoms with Crippen molar-refractivity contribution in [3.05, 3.63) is 24.8 Å². The molecule has 0 aromatic carbocycles. The first-order valence-electron chi connectivity index (χ1n) is 8.22. The Kier molecular flexibility index (Phi) is 3.69. The molecule has 1 aliphatic heterocycles. The van der Waals surface area contributed by atoms with Gasteiger partial charge < -0.3 is 10.2 Å². The first-order valence-corrected chi connectivity index (χ1v) is 8.22. The van der Waals surface area contributed by atoms with E-state index in [-0.39, 0.29) is 11.8 Å². The number of nitrogens with zero attached hydrogens (tertiary/aromatic N) is 5. The van der Waals surface area contributed by atoms with Gasteiger partial charge in [0, 0.05) is 19.0 Å². The Morgan fingerprint density at radius 1 is 1.09 bits per heavy atom. The maximum Gasteiger partial charge on any atom is 0.250 e. The summed E-state index contributed by atoms with van der Waals surface area (Å²) in [6, 6.07) is 0. The minimum atomic E-state index is 0.0844. The van der Waals surface area contributed by atoms with Crippen molar-refractivity contribution in [2.45, 2.75) is 32.1 Å². The molecule has 23 heavy (non-hydrogen) atoms. The SMILES string of the molecule is O=C(Nc1cnn(-c2ncc(N3CCCC3)cn2)c1)C1CCC1. The lowest BCUT2D eigenvalue weighted by molar-refractivity contribution is -0.122. The highest BCUT2D eigenvalue weighted by Gasteiger charge is 2.25. The summed E-state index contributed by atoms with van der Waals surface area (Å²) in [6.07, 6.45) is 12.6. The largest absolute Gasteiger partial charge is 0.369 e. The molecule has 1 saturated carbocycles. The Balaban J connectivity index is 1.44. The van der Waals surface area contributed by atoms with E-state index in [1.807, 2.05) is 12.4 Å². The van der Waals surface area contributed by atoms with E-state index in [0.717, 1.165) is 38.0 Å². The lowest BCUT2D eigenvalue weighted by Gasteiger charge is -2.23. The summed E-state index contributed by atoms with van der Waals surface area (Å²) in [5.74, 6) is 0.757. The van der Waals surface area contributed by atoms with Gasteiger partial charge in [0.05, 0.1) is 36.2 Å². The number of hydrogen-bond acceptors (Lipinski definition) is 5. The number of anilines is 2. The lowest BCUT2D eigenvalue weighted by atomic mass is 9.85. The average Bonchev–Trinajstić information content (AvgIpc) is 3.17. The van der Waals surface area contributed by atoms with Gasteiger partial charge in [0.1, 0.15) is 0 Å². The van der Waals surface area contributed by atoms with Gasteiger partial charge in [-0.2, -0.15) is 5.10 Å². The van der Waals surface area contributed by atoms with Crippen LogP contribution in [0.1, 0.15) is 32.1 Å². The summed E-state index contributed by atoms with van der Waals surface area (Å²) in [5, 5.41) is 7.14. The van der Waals surface area contributed by atoms with Crippen LogP contribution in [0.5, 0.6) is 0 Å². The van der Waals surface area contributed by atoms with Gasteiger partial charge in [0.2, 0.25) is 5.91 Å². The third-order valence-corrected chi connectivity index (χ3v) is 4.63. The summed E-state index contributed by atoms with van der Waals surface area (Å²) >= 11 is 0. The molecule has 2 fully saturated rings. The molecular weight excluding hydrogens is 292 g/mol. The Bertz CT molecular complexity index is 685. The monoisotopic (exact) mass is 312 g/mol. The highest BCUT2D eigenvalue weighted by molar-refractivity contribution is 5.92. The molecule has 120 valence electrons. The highest BCUT2D eigenvalue weighted by Crippen LogP contribution is 2.27. The molecular formula is C16H20N6O. The molecule has 0 spiro atoms. The molecule has 0 radical (unpaired) electrons. The molecule has 2 aliphatic rings. The second kappa shape index (κ2) is 5.98. The van der Waals surface area contributed by atoms with Crippen molar-refractivity contribution in [2.24, 2.45) is 5.92 Å². The quantitative estimate of drug-likeness (QED) is 0.934. The average molecular weight is 312 g/mol. The zero-order chi connectivity index (χ0) is 15.6. The van der Waals surface area contributed by atoms with Gasteiger partial charge in [0.15, 0.2) is 0 Å². The van der Waals surface area contributed by atoms with Crippen LogP contribution in [-0.2, 0) is 4.79 Å². The van der Waals surface area contributed by atoms with Crippen LogP contribution < -0.4 is 10.2 Å². The number of amides is 1. The van der Waals surface area contributed by atoms with E-state index in [4.69, 9.17) is 0 Å². The summed E-state index contributed by atoms with van der Waals surface area (Å²) in [4.78, 5) is 23.0. The van der Waals surface area contributed by atoms with E-state index < -0.39 is 0 Å². The summed E-state index contributed by atoms with van der Waals surface area (Å²) in [5.41, 5.74) is 1.74. The number of aromatic nitrogens is 4. The van der Waals surface area contributed by atoms with Crippen LogP contribution in [0.3, 0.4) is 0 Å². The summed E-state index contributed by atoms with van der Waals surface area (Å²) in [6.45, 7) is 2.14. The summed E-state index contributed by atoms with van der Waals surface area (Å²) < 4.78 is 1.59. The van der Waals surface area contributed by atoms with Crippen molar-refractivity contribution in [1.82, 2.24) is 19.7 Å². The minimum absolute atomic E-state index is 0.0844. The molecule has 0 atom stereocenters. The number of rotatable bonds is 4. The first kappa shape index (κ1) is 14.2. The normalized spacial score (nSPS) is 18.0. The molecule has 3 heterocycles. The molecule has 0 bridgehead atoms. The molecule has 7 heteroatoms. The van der Waals surface area contributed by atoms with Gasteiger partial charge >= 0.3 is 0 Å². The molecule has 1 N–H and O–H groups in total. The van der Waals surface area contributed by atoms with E-state index in [1.54, 1.807) is 17.1 Å². The van der Waals surface area contributed by atoms with Crippen LogP contribution in [0.15, 0.2) is 24.8 Å². The van der Waals surface area contributed by atoms with E-state index in [9.17, 15) is 4.79 Å². The second-order valence-electron chi connectivity index (χ2n) is 6.23. The molecule has 4 rings (SSSR count). The number of carbonyl (C=O) groups is 1. The van der Waals surface area contributed by atoms with Gasteiger partial charge in [-0.25, -0.2) is 14.6 Å². The zero-order valence-corrected chi connectivity index (χ0v) is 13.0. The Hall–Kier alpha value is -2.44. The Morgan fingerprint density at radius 2 is 1.83 bits per heavy atom. The molecule has 0 unspecified atom stereocenters. The first-order chi connectivity index (χ1) is 11.3. The number of hydrogen-bond donors (Lipinski definition) is 1. The minimum Gasteiger partial charge on any atom is -0.369 e. The van der Waals surface area contributed by atoms with Crippen molar-refractivity contribution in [3.63, 3.8) is 0 Å². The molecule has 2 aromatic rings. The van der Waals surface area contributed by atoms with Gasteiger partial charge in [0.25, 0.3) is 5.95 Å². The third-order valence-electron chi connectivity index (χ3n) is 4.63. The van der Waals surface area contributed by atoms with E-state index in [2.05, 4.69) is 25.3 Å². The van der Waals surface area contributed by atoms with Crippen LogP contribution in [0.25, 0.3) is 5.95 Å². The highest BCUT2D eigenvalue weighted by atomic mass is 16.1. The van der Waals surface area contributed by atoms with Crippen molar-refractivity contribution in [3.8, 4) is 5.95 Å². The van der Waals surface area contributed by atoms with Crippen LogP contribution in [0, 0.1) is 5.92 Å². The smallest absolute Gasteiger partial charge is 0.250 e. The molecule has 1 amide bonds. The van der Waals surface area contributed by atoms with E-state index in [0.29, 0.717) is 11.6 Å². The van der Waals surface area contributed by atoms with Gasteiger partial charge in [-0.05, 0) is 25.7 Å². The maximum atomic E-state index is 11.9. The maximum absolute atomic E-state index is 11.9. The van der Waals surface area contributed by atoms with E-state index >= 15 is 0 Å². The molecule has 2 aromatic heterocycles. The van der Waals surface area contributed by atoms with Crippen LogP contribution in [0.4, 0.5) is 11.4 Å². The number of nitrogens with one attached hydrogen (secondary N) is 1. The van der Waals surface area contributed by atoms with Crippen molar-refractivity contribution >= 4 is 17.3 Å². The van der Waals surface area contributed by atoms with Crippen molar-refractivity contribution in [2.75, 3.05) is 23.3 Å². The molecule has 7 nitrogen and oxygen atoms in total. The van der Waals surface area contributed by atoms with Crippen LogP contribution in [-0.4, -0.2) is 38.7 Å². The van der Waals surface area contributed by atoms with Crippen LogP contribution in [0.2, 0.25) is 0 Å². The van der Waals surface area contributed by atoms with E-state index in [1.165, 1.54) is 12.8 Å². The summed E-state index contributed by atoms with van der Waals surface area (Å²) in [7, 11) is 0. The topological polar surface area (TPSA) is 75.9 Å². The lowest BCUT2D eigenvalue weighted by Crippen LogP contribution is -2.27. The predicted octanol–water partition coefficient (Wildman–Crippen LogP) is 2.00. The van der Waals surface area contributed by atoms with Gasteiger partial charge in [-0.15, -0.1) is 0 Å². The zero-order valence-electron chi connectivity index (χ0n) is 13.0. The fraction of sp³-hybridized carbons (Fsp3) is 0.500. The van der Waals surface area contributed by atoms with Gasteiger partial charge in [-0.3, -0.25) is 4.79 Å². The third kappa shape index (κ3) is 2.91. The van der Waals surface area contributed by atoms with Crippen molar-refractivity contribution in [1.29, 1.82) is 0 Å². The second-order valence-corrected chi connectivity index (χ2v) is 6.23. The fourth-order valence-electron chi connectivity index (χ4n) is 2.98. The molecule has 1 aliphatic carbocycles. The predicted molar refractivity (Wildman–Crippen MR) is 86.6 cm³/mol. The fourth-order valence-corrected chi connectivity index (χ4v) is 2.98. The Morgan fingerprint density at radius 3 is 2.48 bits per heavy atom.